The third-order valence-electron chi connectivity index (χ3n) is 4.48. The Hall–Kier alpha value is -1.30. The highest BCUT2D eigenvalue weighted by Crippen LogP contribution is 2.37. The Balaban J connectivity index is 1.91. The van der Waals surface area contributed by atoms with Crippen LogP contribution >= 0.6 is 11.6 Å². The summed E-state index contributed by atoms with van der Waals surface area (Å²) < 4.78 is 13.9. The summed E-state index contributed by atoms with van der Waals surface area (Å²) >= 11 is 6.45. The first kappa shape index (κ1) is 15.6. The van der Waals surface area contributed by atoms with E-state index in [1.54, 1.807) is 4.68 Å². The minimum Gasteiger partial charge on any atom is -0.399 e. The van der Waals surface area contributed by atoms with E-state index in [4.69, 9.17) is 20.9 Å². The van der Waals surface area contributed by atoms with Crippen LogP contribution in [0.3, 0.4) is 0 Å². The predicted octanol–water partition coefficient (Wildman–Crippen LogP) is 3.13. The number of halogens is 1. The molecule has 0 saturated carbocycles. The maximum absolute atomic E-state index is 6.45. The molecule has 1 aliphatic heterocycles. The Kier molecular flexibility index (Phi) is 3.63. The molecule has 0 N–H and O–H groups in total. The van der Waals surface area contributed by atoms with Crippen molar-refractivity contribution in [3.8, 4) is 5.69 Å². The summed E-state index contributed by atoms with van der Waals surface area (Å²) in [7, 11) is -0.453. The highest BCUT2D eigenvalue weighted by atomic mass is 35.5. The summed E-state index contributed by atoms with van der Waals surface area (Å²) in [6.07, 6.45) is 1.91. The molecule has 0 unspecified atom stereocenters. The average Bonchev–Trinajstić information content (AvgIpc) is 2.91. The molecular formula is C16H20BClN2O2. The molecule has 0 radical (unpaired) electrons. The summed E-state index contributed by atoms with van der Waals surface area (Å²) in [5.41, 5.74) is 1.97. The van der Waals surface area contributed by atoms with Gasteiger partial charge in [0.15, 0.2) is 0 Å². The number of benzene rings is 1. The summed E-state index contributed by atoms with van der Waals surface area (Å²) in [5, 5.41) is 5.01. The van der Waals surface area contributed by atoms with Crippen LogP contribution in [0.15, 0.2) is 30.5 Å². The van der Waals surface area contributed by atoms with Gasteiger partial charge in [-0.15, -0.1) is 0 Å². The Bertz CT molecular complexity index is 696. The van der Waals surface area contributed by atoms with Crippen LogP contribution in [0, 0.1) is 6.92 Å². The van der Waals surface area contributed by atoms with Crippen LogP contribution in [-0.2, 0) is 9.31 Å². The standard InChI is InChI=1S/C16H20BClN2O2/c1-11-8-9-20(19-11)12-6-7-13(14(18)10-12)17-21-15(2,3)16(4,5)22-17/h6-10H,1-5H3. The summed E-state index contributed by atoms with van der Waals surface area (Å²) in [5.74, 6) is 0. The third-order valence-corrected chi connectivity index (χ3v) is 4.81. The van der Waals surface area contributed by atoms with Gasteiger partial charge in [-0.2, -0.15) is 5.10 Å². The topological polar surface area (TPSA) is 36.3 Å². The lowest BCUT2D eigenvalue weighted by molar-refractivity contribution is 0.00578. The number of nitrogens with zero attached hydrogens (tertiary/aromatic N) is 2. The minimum absolute atomic E-state index is 0.376. The Morgan fingerprint density at radius 1 is 1.09 bits per heavy atom. The first-order chi connectivity index (χ1) is 10.2. The summed E-state index contributed by atoms with van der Waals surface area (Å²) in [6.45, 7) is 10.1. The maximum Gasteiger partial charge on any atom is 0.496 e. The maximum atomic E-state index is 6.45. The van der Waals surface area contributed by atoms with Crippen molar-refractivity contribution in [3.63, 3.8) is 0 Å². The SMILES string of the molecule is Cc1ccn(-c2ccc(B3OC(C)(C)C(C)(C)O3)c(Cl)c2)n1. The van der Waals surface area contributed by atoms with Crippen molar-refractivity contribution >= 4 is 24.2 Å². The van der Waals surface area contributed by atoms with Gasteiger partial charge in [-0.05, 0) is 52.8 Å². The van der Waals surface area contributed by atoms with Crippen molar-refractivity contribution in [3.05, 3.63) is 41.2 Å². The van der Waals surface area contributed by atoms with E-state index in [9.17, 15) is 0 Å². The molecule has 2 heterocycles. The predicted molar refractivity (Wildman–Crippen MR) is 89.0 cm³/mol. The average molecular weight is 319 g/mol. The van der Waals surface area contributed by atoms with Gasteiger partial charge in [0.1, 0.15) is 0 Å². The lowest BCUT2D eigenvalue weighted by Crippen LogP contribution is -2.41. The van der Waals surface area contributed by atoms with Gasteiger partial charge in [0, 0.05) is 16.7 Å². The normalized spacial score (nSPS) is 19.6. The molecule has 0 aliphatic carbocycles. The highest BCUT2D eigenvalue weighted by molar-refractivity contribution is 6.65. The van der Waals surface area contributed by atoms with E-state index in [0.29, 0.717) is 5.02 Å². The van der Waals surface area contributed by atoms with Gasteiger partial charge in [-0.3, -0.25) is 0 Å². The number of rotatable bonds is 2. The first-order valence-corrected chi connectivity index (χ1v) is 7.75. The highest BCUT2D eigenvalue weighted by Gasteiger charge is 2.52. The molecule has 1 aromatic heterocycles. The quantitative estimate of drug-likeness (QED) is 0.798. The van der Waals surface area contributed by atoms with Crippen LogP contribution < -0.4 is 5.46 Å². The molecular weight excluding hydrogens is 298 g/mol. The molecule has 2 aromatic rings. The lowest BCUT2D eigenvalue weighted by Gasteiger charge is -2.32. The van der Waals surface area contributed by atoms with Crippen LogP contribution in [0.2, 0.25) is 5.02 Å². The van der Waals surface area contributed by atoms with Crippen molar-refractivity contribution in [1.82, 2.24) is 9.78 Å². The van der Waals surface area contributed by atoms with Crippen molar-refractivity contribution in [2.45, 2.75) is 45.8 Å². The molecule has 116 valence electrons. The Morgan fingerprint density at radius 2 is 1.73 bits per heavy atom. The van der Waals surface area contributed by atoms with Gasteiger partial charge in [-0.25, -0.2) is 4.68 Å². The third kappa shape index (κ3) is 2.58. The van der Waals surface area contributed by atoms with Gasteiger partial charge >= 0.3 is 7.12 Å². The van der Waals surface area contributed by atoms with Crippen LogP contribution in [0.5, 0.6) is 0 Å². The van der Waals surface area contributed by atoms with Crippen LogP contribution in [0.25, 0.3) is 5.69 Å². The van der Waals surface area contributed by atoms with Crippen LogP contribution in [0.1, 0.15) is 33.4 Å². The molecule has 0 amide bonds. The molecule has 0 atom stereocenters. The molecule has 0 spiro atoms. The van der Waals surface area contributed by atoms with Crippen molar-refractivity contribution in [1.29, 1.82) is 0 Å². The molecule has 1 aromatic carbocycles. The lowest BCUT2D eigenvalue weighted by atomic mass is 9.79. The minimum atomic E-state index is -0.453. The molecule has 6 heteroatoms. The first-order valence-electron chi connectivity index (χ1n) is 7.37. The Morgan fingerprint density at radius 3 is 2.23 bits per heavy atom. The smallest absolute Gasteiger partial charge is 0.399 e. The summed E-state index contributed by atoms with van der Waals surface area (Å²) in [4.78, 5) is 0. The van der Waals surface area contributed by atoms with Gasteiger partial charge in [0.05, 0.1) is 22.6 Å². The van der Waals surface area contributed by atoms with Crippen LogP contribution in [-0.4, -0.2) is 28.1 Å². The summed E-state index contributed by atoms with van der Waals surface area (Å²) in [6, 6.07) is 7.75. The van der Waals surface area contributed by atoms with E-state index in [1.807, 2.05) is 65.1 Å². The molecule has 0 bridgehead atoms. The second-order valence-electron chi connectivity index (χ2n) is 6.70. The zero-order valence-electron chi connectivity index (χ0n) is 13.6. The zero-order valence-corrected chi connectivity index (χ0v) is 14.3. The molecule has 3 rings (SSSR count). The monoisotopic (exact) mass is 318 g/mol. The van der Waals surface area contributed by atoms with Gasteiger partial charge in [-0.1, -0.05) is 17.7 Å². The molecule has 1 fully saturated rings. The Labute approximate surface area is 136 Å². The fraction of sp³-hybridized carbons (Fsp3) is 0.438. The number of hydrogen-bond acceptors (Lipinski definition) is 3. The van der Waals surface area contributed by atoms with Gasteiger partial charge in [0.2, 0.25) is 0 Å². The fourth-order valence-corrected chi connectivity index (χ4v) is 2.64. The zero-order chi connectivity index (χ0) is 16.1. The van der Waals surface area contributed by atoms with E-state index in [0.717, 1.165) is 16.8 Å². The van der Waals surface area contributed by atoms with E-state index in [2.05, 4.69) is 5.10 Å². The van der Waals surface area contributed by atoms with E-state index >= 15 is 0 Å². The molecule has 4 nitrogen and oxygen atoms in total. The second kappa shape index (κ2) is 5.12. The largest absolute Gasteiger partial charge is 0.496 e. The molecule has 1 aliphatic rings. The van der Waals surface area contributed by atoms with E-state index in [1.165, 1.54) is 0 Å². The van der Waals surface area contributed by atoms with Crippen molar-refractivity contribution < 1.29 is 9.31 Å². The fourth-order valence-electron chi connectivity index (χ4n) is 2.38. The van der Waals surface area contributed by atoms with Crippen LogP contribution in [0.4, 0.5) is 0 Å². The molecule has 1 saturated heterocycles. The van der Waals surface area contributed by atoms with E-state index < -0.39 is 7.12 Å². The van der Waals surface area contributed by atoms with Crippen molar-refractivity contribution in [2.24, 2.45) is 0 Å². The second-order valence-corrected chi connectivity index (χ2v) is 7.10. The van der Waals surface area contributed by atoms with Crippen molar-refractivity contribution in [2.75, 3.05) is 0 Å². The number of aryl methyl sites for hydroxylation is 1. The molecule has 22 heavy (non-hydrogen) atoms. The van der Waals surface area contributed by atoms with E-state index in [-0.39, 0.29) is 11.2 Å². The van der Waals surface area contributed by atoms with Gasteiger partial charge in [0.25, 0.3) is 0 Å². The number of hydrogen-bond donors (Lipinski definition) is 0. The number of aromatic nitrogens is 2. The van der Waals surface area contributed by atoms with Gasteiger partial charge < -0.3 is 9.31 Å².